The number of halogens is 1. The molecule has 0 unspecified atom stereocenters. The van der Waals surface area contributed by atoms with E-state index in [1.165, 1.54) is 12.4 Å². The van der Waals surface area contributed by atoms with Gasteiger partial charge in [0.15, 0.2) is 5.82 Å². The maximum Gasteiger partial charge on any atom is 0.223 e. The van der Waals surface area contributed by atoms with E-state index in [2.05, 4.69) is 33.2 Å². The molecule has 3 heterocycles. The number of anilines is 1. The Hall–Kier alpha value is -2.21. The van der Waals surface area contributed by atoms with E-state index in [-0.39, 0.29) is 11.6 Å². The lowest BCUT2D eigenvalue weighted by molar-refractivity contribution is -0.0187. The summed E-state index contributed by atoms with van der Waals surface area (Å²) in [6.07, 6.45) is 5.27. The van der Waals surface area contributed by atoms with E-state index >= 15 is 0 Å². The van der Waals surface area contributed by atoms with Gasteiger partial charge in [0.05, 0.1) is 18.4 Å². The Balaban J connectivity index is 1.60. The van der Waals surface area contributed by atoms with Gasteiger partial charge in [-0.15, -0.1) is 0 Å². The van der Waals surface area contributed by atoms with Crippen molar-refractivity contribution >= 4 is 5.95 Å². The highest BCUT2D eigenvalue weighted by molar-refractivity contribution is 5.43. The summed E-state index contributed by atoms with van der Waals surface area (Å²) in [7, 11) is 0. The quantitative estimate of drug-likeness (QED) is 0.926. The van der Waals surface area contributed by atoms with Gasteiger partial charge in [-0.2, -0.15) is 0 Å². The summed E-state index contributed by atoms with van der Waals surface area (Å²) in [5, 5.41) is 3.38. The lowest BCUT2D eigenvalue weighted by Gasteiger charge is -2.46. The van der Waals surface area contributed by atoms with Gasteiger partial charge in [0.2, 0.25) is 5.95 Å². The van der Waals surface area contributed by atoms with Crippen LogP contribution in [0, 0.1) is 5.82 Å². The van der Waals surface area contributed by atoms with Crippen LogP contribution in [-0.4, -0.2) is 40.1 Å². The van der Waals surface area contributed by atoms with E-state index in [0.717, 1.165) is 50.2 Å². The molecule has 1 aromatic carbocycles. The normalized spacial score (nSPS) is 22.2. The van der Waals surface area contributed by atoms with Gasteiger partial charge in [-0.05, 0) is 25.5 Å². The highest BCUT2D eigenvalue weighted by Gasteiger charge is 2.43. The van der Waals surface area contributed by atoms with Crippen LogP contribution in [0.25, 0.3) is 0 Å². The molecule has 1 N–H and O–H groups in total. The number of nitrogens with one attached hydrogen (secondary N) is 1. The average molecular weight is 342 g/mol. The molecule has 132 valence electrons. The molecule has 1 aromatic heterocycles. The summed E-state index contributed by atoms with van der Waals surface area (Å²) in [4.78, 5) is 10.6. The van der Waals surface area contributed by atoms with Gasteiger partial charge in [-0.1, -0.05) is 25.1 Å². The van der Waals surface area contributed by atoms with Crippen molar-refractivity contribution in [2.24, 2.45) is 0 Å². The van der Waals surface area contributed by atoms with Gasteiger partial charge in [-0.25, -0.2) is 14.4 Å². The number of para-hydroxylation sites is 1. The predicted molar refractivity (Wildman–Crippen MR) is 94.1 cm³/mol. The van der Waals surface area contributed by atoms with Crippen LogP contribution in [0.1, 0.15) is 37.8 Å². The number of hydrogen-bond acceptors (Lipinski definition) is 5. The molecular formula is C19H23FN4O. The monoisotopic (exact) mass is 342 g/mol. The van der Waals surface area contributed by atoms with E-state index in [4.69, 9.17) is 4.74 Å². The second kappa shape index (κ2) is 6.59. The van der Waals surface area contributed by atoms with E-state index in [1.807, 2.05) is 18.2 Å². The van der Waals surface area contributed by atoms with Crippen molar-refractivity contribution in [2.45, 2.75) is 37.8 Å². The molecule has 2 aliphatic heterocycles. The second-order valence-electron chi connectivity index (χ2n) is 6.88. The number of nitrogens with zero attached hydrogens (tertiary/aromatic N) is 3. The molecule has 2 aliphatic rings. The third kappa shape index (κ3) is 3.31. The second-order valence-corrected chi connectivity index (χ2v) is 6.88. The minimum absolute atomic E-state index is 0.0589. The summed E-state index contributed by atoms with van der Waals surface area (Å²) in [6.45, 7) is 5.39. The molecule has 4 rings (SSSR count). The van der Waals surface area contributed by atoms with Crippen LogP contribution < -0.4 is 10.1 Å². The van der Waals surface area contributed by atoms with Crippen LogP contribution in [0.15, 0.2) is 36.7 Å². The first-order valence-corrected chi connectivity index (χ1v) is 8.92. The molecule has 0 saturated carbocycles. The Kier molecular flexibility index (Phi) is 4.29. The molecule has 1 spiro atoms. The first kappa shape index (κ1) is 16.3. The maximum atomic E-state index is 13.1. The zero-order chi connectivity index (χ0) is 17.3. The maximum absolute atomic E-state index is 13.1. The first-order valence-electron chi connectivity index (χ1n) is 8.92. The molecule has 5 nitrogen and oxygen atoms in total. The fourth-order valence-corrected chi connectivity index (χ4v) is 3.87. The third-order valence-corrected chi connectivity index (χ3v) is 5.34. The fourth-order valence-electron chi connectivity index (χ4n) is 3.87. The molecule has 0 aliphatic carbocycles. The van der Waals surface area contributed by atoms with Crippen molar-refractivity contribution < 1.29 is 9.13 Å². The Morgan fingerprint density at radius 2 is 1.96 bits per heavy atom. The standard InChI is InChI=1S/C19H23FN4O/c1-2-24-9-7-19(8-10-24)11-16(15-5-3-4-6-17(15)25-19)23-18-21-12-14(20)13-22-18/h3-6,12-13,16H,2,7-11H2,1H3,(H,21,22,23)/t16-/m0/s1. The molecule has 0 bridgehead atoms. The minimum Gasteiger partial charge on any atom is -0.487 e. The van der Waals surface area contributed by atoms with Gasteiger partial charge >= 0.3 is 0 Å². The Bertz CT molecular complexity index is 728. The summed E-state index contributed by atoms with van der Waals surface area (Å²) in [5.74, 6) is 0.948. The summed E-state index contributed by atoms with van der Waals surface area (Å²) < 4.78 is 19.6. The van der Waals surface area contributed by atoms with Crippen LogP contribution in [0.5, 0.6) is 5.75 Å². The van der Waals surface area contributed by atoms with Crippen molar-refractivity contribution in [3.8, 4) is 5.75 Å². The van der Waals surface area contributed by atoms with Gasteiger partial charge in [0.1, 0.15) is 11.4 Å². The number of piperidine rings is 1. The minimum atomic E-state index is -0.429. The number of ether oxygens (including phenoxy) is 1. The number of aromatic nitrogens is 2. The van der Waals surface area contributed by atoms with Crippen LogP contribution in [0.2, 0.25) is 0 Å². The highest BCUT2D eigenvalue weighted by Crippen LogP contribution is 2.45. The average Bonchev–Trinajstić information content (AvgIpc) is 2.64. The van der Waals surface area contributed by atoms with E-state index in [0.29, 0.717) is 5.95 Å². The molecular weight excluding hydrogens is 319 g/mol. The van der Waals surface area contributed by atoms with E-state index in [1.54, 1.807) is 0 Å². The summed E-state index contributed by atoms with van der Waals surface area (Å²) in [6, 6.07) is 8.18. The predicted octanol–water partition coefficient (Wildman–Crippen LogP) is 3.41. The van der Waals surface area contributed by atoms with Crippen molar-refractivity contribution in [1.82, 2.24) is 14.9 Å². The largest absolute Gasteiger partial charge is 0.487 e. The molecule has 1 fully saturated rings. The lowest BCUT2D eigenvalue weighted by atomic mass is 9.80. The first-order chi connectivity index (χ1) is 12.2. The Labute approximate surface area is 147 Å². The zero-order valence-corrected chi connectivity index (χ0v) is 14.4. The molecule has 25 heavy (non-hydrogen) atoms. The number of benzene rings is 1. The molecule has 2 aromatic rings. The van der Waals surface area contributed by atoms with Gasteiger partial charge in [-0.3, -0.25) is 0 Å². The van der Waals surface area contributed by atoms with Crippen molar-refractivity contribution in [2.75, 3.05) is 25.0 Å². The molecule has 6 heteroatoms. The zero-order valence-electron chi connectivity index (χ0n) is 14.4. The Morgan fingerprint density at radius 3 is 2.68 bits per heavy atom. The third-order valence-electron chi connectivity index (χ3n) is 5.34. The smallest absolute Gasteiger partial charge is 0.223 e. The molecule has 1 saturated heterocycles. The number of fused-ring (bicyclic) bond motifs is 1. The topological polar surface area (TPSA) is 50.3 Å². The van der Waals surface area contributed by atoms with E-state index < -0.39 is 5.82 Å². The number of likely N-dealkylation sites (tertiary alicyclic amines) is 1. The van der Waals surface area contributed by atoms with Crippen molar-refractivity contribution in [3.63, 3.8) is 0 Å². The van der Waals surface area contributed by atoms with Gasteiger partial charge in [0.25, 0.3) is 0 Å². The molecule has 0 radical (unpaired) electrons. The number of rotatable bonds is 3. The summed E-state index contributed by atoms with van der Waals surface area (Å²) >= 11 is 0. The Morgan fingerprint density at radius 1 is 1.24 bits per heavy atom. The SMILES string of the molecule is CCN1CCC2(CC1)C[C@H](Nc1ncc(F)cn1)c1ccccc1O2. The lowest BCUT2D eigenvalue weighted by Crippen LogP contribution is -2.51. The van der Waals surface area contributed by atoms with Crippen LogP contribution in [0.4, 0.5) is 10.3 Å². The fraction of sp³-hybridized carbons (Fsp3) is 0.474. The van der Waals surface area contributed by atoms with Crippen LogP contribution >= 0.6 is 0 Å². The van der Waals surface area contributed by atoms with Crippen LogP contribution in [-0.2, 0) is 0 Å². The van der Waals surface area contributed by atoms with Crippen molar-refractivity contribution in [1.29, 1.82) is 0 Å². The molecule has 0 amide bonds. The highest BCUT2D eigenvalue weighted by atomic mass is 19.1. The summed E-state index contributed by atoms with van der Waals surface area (Å²) in [5.41, 5.74) is 0.955. The van der Waals surface area contributed by atoms with E-state index in [9.17, 15) is 4.39 Å². The van der Waals surface area contributed by atoms with Crippen molar-refractivity contribution in [3.05, 3.63) is 48.0 Å². The number of hydrogen-bond donors (Lipinski definition) is 1. The van der Waals surface area contributed by atoms with Gasteiger partial charge < -0.3 is 15.0 Å². The van der Waals surface area contributed by atoms with Crippen LogP contribution in [0.3, 0.4) is 0 Å². The van der Waals surface area contributed by atoms with Gasteiger partial charge in [0, 0.05) is 25.1 Å². The molecule has 1 atom stereocenters.